The van der Waals surface area contributed by atoms with E-state index in [-0.39, 0.29) is 0 Å². The number of hydrogen-bond acceptors (Lipinski definition) is 3. The van der Waals surface area contributed by atoms with Gasteiger partial charge in [-0.05, 0) is 6.42 Å². The molecule has 0 aromatic rings. The molecule has 0 amide bonds. The molecule has 0 bridgehead atoms. The largest absolute Gasteiger partial charge is 0.535 e. The number of unbranched alkanes of at least 4 members (excludes halogenated alkanes) is 4. The average Bonchev–Trinajstić information content (AvgIpc) is 2.14. The molecule has 3 nitrogen and oxygen atoms in total. The van der Waals surface area contributed by atoms with Crippen LogP contribution in [-0.2, 0) is 14.3 Å². The van der Waals surface area contributed by atoms with Crippen LogP contribution in [0.1, 0.15) is 39.0 Å². The van der Waals surface area contributed by atoms with E-state index in [0.29, 0.717) is 6.42 Å². The summed E-state index contributed by atoms with van der Waals surface area (Å²) in [4.78, 5) is 0. The number of alkyl halides is 3. The molecule has 0 spiro atoms. The van der Waals surface area contributed by atoms with Crippen LogP contribution in [0, 0.1) is 12.0 Å². The lowest BCUT2D eigenvalue weighted by Crippen LogP contribution is -2.23. The molecule has 0 unspecified atom stereocenters. The maximum Gasteiger partial charge on any atom is 0.535 e. The monoisotopic (exact) mass is 258 g/mol. The van der Waals surface area contributed by atoms with E-state index >= 15 is 0 Å². The first-order valence-corrected chi connectivity index (χ1v) is 6.19. The molecular weight excluding hydrogens is 245 g/mol. The van der Waals surface area contributed by atoms with Gasteiger partial charge < -0.3 is 4.18 Å². The van der Waals surface area contributed by atoms with E-state index in [1.54, 1.807) is 6.11 Å². The summed E-state index contributed by atoms with van der Waals surface area (Å²) in [6.45, 7) is 2.02. The summed E-state index contributed by atoms with van der Waals surface area (Å²) in [5.74, 6) is 2.22. The molecule has 0 aliphatic heterocycles. The maximum atomic E-state index is 11.7. The molecular formula is C9H13F3O3S. The molecule has 0 saturated heterocycles. The van der Waals surface area contributed by atoms with Gasteiger partial charge in [0.2, 0.25) is 0 Å². The van der Waals surface area contributed by atoms with Crippen molar-refractivity contribution in [3.05, 3.63) is 0 Å². The van der Waals surface area contributed by atoms with Gasteiger partial charge in [-0.2, -0.15) is 21.6 Å². The second kappa shape index (κ2) is 6.63. The molecule has 94 valence electrons. The SMILES string of the molecule is CCCCCCC#COS(=O)(=O)C(F)(F)F. The first kappa shape index (κ1) is 15.1. The Labute approximate surface area is 93.1 Å². The van der Waals surface area contributed by atoms with E-state index in [1.165, 1.54) is 0 Å². The molecule has 0 rings (SSSR count). The van der Waals surface area contributed by atoms with Crippen LogP contribution in [0.3, 0.4) is 0 Å². The molecule has 7 heteroatoms. The van der Waals surface area contributed by atoms with Crippen LogP contribution in [0.15, 0.2) is 0 Å². The first-order valence-electron chi connectivity index (χ1n) is 4.79. The minimum atomic E-state index is -5.57. The summed E-state index contributed by atoms with van der Waals surface area (Å²) in [7, 11) is -5.57. The van der Waals surface area contributed by atoms with E-state index in [1.807, 2.05) is 6.92 Å². The Balaban J connectivity index is 3.94. The van der Waals surface area contributed by atoms with Crippen molar-refractivity contribution in [2.75, 3.05) is 0 Å². The van der Waals surface area contributed by atoms with Gasteiger partial charge in [-0.25, -0.2) is 0 Å². The van der Waals surface area contributed by atoms with Crippen LogP contribution in [0.4, 0.5) is 13.2 Å². The zero-order valence-electron chi connectivity index (χ0n) is 8.80. The minimum absolute atomic E-state index is 0.327. The van der Waals surface area contributed by atoms with Crippen molar-refractivity contribution in [3.8, 4) is 12.0 Å². The number of hydrogen-bond donors (Lipinski definition) is 0. The third kappa shape index (κ3) is 5.85. The van der Waals surface area contributed by atoms with E-state index < -0.39 is 15.6 Å². The van der Waals surface area contributed by atoms with Crippen LogP contribution in [0.5, 0.6) is 0 Å². The fourth-order valence-corrected chi connectivity index (χ4v) is 1.09. The summed E-state index contributed by atoms with van der Waals surface area (Å²) in [5, 5.41) is 0. The second-order valence-corrected chi connectivity index (χ2v) is 4.61. The zero-order chi connectivity index (χ0) is 12.7. The van der Waals surface area contributed by atoms with Crippen LogP contribution in [0.2, 0.25) is 0 Å². The highest BCUT2D eigenvalue weighted by molar-refractivity contribution is 7.87. The van der Waals surface area contributed by atoms with Crippen molar-refractivity contribution < 1.29 is 25.8 Å². The summed E-state index contributed by atoms with van der Waals surface area (Å²) < 4.78 is 59.3. The summed E-state index contributed by atoms with van der Waals surface area (Å²) >= 11 is 0. The molecule has 0 N–H and O–H groups in total. The smallest absolute Gasteiger partial charge is 0.321 e. The van der Waals surface area contributed by atoms with Gasteiger partial charge in [0.15, 0.2) is 0 Å². The van der Waals surface area contributed by atoms with Crippen LogP contribution in [0.25, 0.3) is 0 Å². The van der Waals surface area contributed by atoms with Crippen LogP contribution >= 0.6 is 0 Å². The van der Waals surface area contributed by atoms with Crippen molar-refractivity contribution in [2.24, 2.45) is 0 Å². The Hall–Kier alpha value is -0.900. The molecule has 0 saturated carbocycles. The van der Waals surface area contributed by atoms with E-state index in [2.05, 4.69) is 10.1 Å². The van der Waals surface area contributed by atoms with Crippen molar-refractivity contribution in [1.29, 1.82) is 0 Å². The summed E-state index contributed by atoms with van der Waals surface area (Å²) in [6.07, 6.45) is 5.56. The van der Waals surface area contributed by atoms with E-state index in [4.69, 9.17) is 0 Å². The minimum Gasteiger partial charge on any atom is -0.321 e. The molecule has 0 aliphatic rings. The predicted molar refractivity (Wildman–Crippen MR) is 52.6 cm³/mol. The summed E-state index contributed by atoms with van der Waals surface area (Å²) in [5.41, 5.74) is -5.41. The quantitative estimate of drug-likeness (QED) is 0.329. The highest BCUT2D eigenvalue weighted by atomic mass is 32.2. The van der Waals surface area contributed by atoms with Gasteiger partial charge in [0.1, 0.15) is 6.11 Å². The van der Waals surface area contributed by atoms with Gasteiger partial charge in [0.05, 0.1) is 0 Å². The van der Waals surface area contributed by atoms with Gasteiger partial charge in [0, 0.05) is 6.42 Å². The Morgan fingerprint density at radius 1 is 1.19 bits per heavy atom. The molecule has 0 aromatic heterocycles. The van der Waals surface area contributed by atoms with Gasteiger partial charge in [-0.15, -0.1) is 0 Å². The molecule has 0 aliphatic carbocycles. The van der Waals surface area contributed by atoms with E-state index in [9.17, 15) is 21.6 Å². The zero-order valence-corrected chi connectivity index (χ0v) is 9.62. The van der Waals surface area contributed by atoms with E-state index in [0.717, 1.165) is 25.7 Å². The Bertz CT molecular complexity index is 348. The third-order valence-electron chi connectivity index (χ3n) is 1.66. The van der Waals surface area contributed by atoms with Gasteiger partial charge >= 0.3 is 15.6 Å². The standard InChI is InChI=1S/C9H13F3O3S/c1-2-3-4-5-6-7-8-15-16(13,14)9(10,11)12/h2-6H2,1H3. The Kier molecular flexibility index (Phi) is 6.26. The normalized spacial score (nSPS) is 11.8. The highest BCUT2D eigenvalue weighted by Crippen LogP contribution is 2.23. The van der Waals surface area contributed by atoms with Gasteiger partial charge in [-0.1, -0.05) is 32.1 Å². The van der Waals surface area contributed by atoms with Crippen LogP contribution in [-0.4, -0.2) is 13.9 Å². The lowest BCUT2D eigenvalue weighted by molar-refractivity contribution is -0.0509. The first-order chi connectivity index (χ1) is 7.31. The Morgan fingerprint density at radius 3 is 2.31 bits per heavy atom. The maximum absolute atomic E-state index is 11.7. The summed E-state index contributed by atoms with van der Waals surface area (Å²) in [6, 6.07) is 0. The third-order valence-corrected chi connectivity index (χ3v) is 2.53. The lowest BCUT2D eigenvalue weighted by atomic mass is 10.2. The van der Waals surface area contributed by atoms with Gasteiger partial charge in [0.25, 0.3) is 0 Å². The molecule has 0 aromatic carbocycles. The lowest BCUT2D eigenvalue weighted by Gasteiger charge is -2.02. The molecule has 0 heterocycles. The van der Waals surface area contributed by atoms with Crippen molar-refractivity contribution in [2.45, 2.75) is 44.5 Å². The highest BCUT2D eigenvalue weighted by Gasteiger charge is 2.48. The molecule has 0 fully saturated rings. The Morgan fingerprint density at radius 2 is 1.81 bits per heavy atom. The topological polar surface area (TPSA) is 43.4 Å². The average molecular weight is 258 g/mol. The van der Waals surface area contributed by atoms with Crippen molar-refractivity contribution >= 4 is 10.1 Å². The van der Waals surface area contributed by atoms with Gasteiger partial charge in [-0.3, -0.25) is 0 Å². The van der Waals surface area contributed by atoms with Crippen molar-refractivity contribution in [3.63, 3.8) is 0 Å². The number of halogens is 3. The molecule has 0 atom stereocenters. The number of rotatable bonds is 5. The predicted octanol–water partition coefficient (Wildman–Crippen LogP) is 2.78. The van der Waals surface area contributed by atoms with Crippen LogP contribution < -0.4 is 0 Å². The fraction of sp³-hybridized carbons (Fsp3) is 0.778. The fourth-order valence-electron chi connectivity index (χ4n) is 0.823. The second-order valence-electron chi connectivity index (χ2n) is 3.07. The van der Waals surface area contributed by atoms with Crippen molar-refractivity contribution in [1.82, 2.24) is 0 Å². The molecule has 0 radical (unpaired) electrons. The molecule has 16 heavy (non-hydrogen) atoms.